The molecule has 142 valence electrons. The Morgan fingerprint density at radius 3 is 2.79 bits per heavy atom. The molecule has 4 rings (SSSR count). The lowest BCUT2D eigenvalue weighted by Crippen LogP contribution is -2.12. The van der Waals surface area contributed by atoms with Crippen LogP contribution in [0.3, 0.4) is 0 Å². The Morgan fingerprint density at radius 2 is 1.93 bits per heavy atom. The van der Waals surface area contributed by atoms with Crippen LogP contribution in [0, 0.1) is 10.1 Å². The van der Waals surface area contributed by atoms with Gasteiger partial charge in [-0.1, -0.05) is 18.2 Å². The number of anilines is 1. The number of nitro groups is 1. The Kier molecular flexibility index (Phi) is 4.80. The van der Waals surface area contributed by atoms with Crippen LogP contribution in [0.25, 0.3) is 0 Å². The summed E-state index contributed by atoms with van der Waals surface area (Å²) in [6, 6.07) is 15.2. The molecule has 0 saturated heterocycles. The summed E-state index contributed by atoms with van der Waals surface area (Å²) in [7, 11) is 0. The molecular formula is C21H18N2O5. The third kappa shape index (κ3) is 3.73. The molecule has 0 bridgehead atoms. The van der Waals surface area contributed by atoms with Gasteiger partial charge in [0.15, 0.2) is 5.76 Å². The second-order valence-electron chi connectivity index (χ2n) is 6.57. The van der Waals surface area contributed by atoms with E-state index in [0.717, 1.165) is 18.6 Å². The van der Waals surface area contributed by atoms with Crippen molar-refractivity contribution in [1.82, 2.24) is 0 Å². The predicted octanol–water partition coefficient (Wildman–Crippen LogP) is 4.51. The van der Waals surface area contributed by atoms with Gasteiger partial charge in [0.2, 0.25) is 0 Å². The topological polar surface area (TPSA) is 94.6 Å². The molecule has 1 N–H and O–H groups in total. The second-order valence-corrected chi connectivity index (χ2v) is 6.57. The van der Waals surface area contributed by atoms with Crippen molar-refractivity contribution in [2.75, 3.05) is 5.32 Å². The Bertz CT molecular complexity index is 1040. The van der Waals surface area contributed by atoms with Gasteiger partial charge in [-0.2, -0.15) is 0 Å². The van der Waals surface area contributed by atoms with Crippen molar-refractivity contribution in [3.63, 3.8) is 0 Å². The minimum absolute atomic E-state index is 0.0608. The van der Waals surface area contributed by atoms with Crippen molar-refractivity contribution in [1.29, 1.82) is 0 Å². The Hall–Kier alpha value is -3.61. The highest BCUT2D eigenvalue weighted by molar-refractivity contribution is 6.03. The number of benzene rings is 2. The summed E-state index contributed by atoms with van der Waals surface area (Å²) < 4.78 is 11.3. The Labute approximate surface area is 161 Å². The van der Waals surface area contributed by atoms with Crippen molar-refractivity contribution in [2.45, 2.75) is 25.9 Å². The van der Waals surface area contributed by atoms with Crippen LogP contribution < -0.4 is 10.1 Å². The number of furan rings is 1. The maximum atomic E-state index is 12.3. The standard InChI is InChI=1S/C21H18N2O5/c24-21(22-18-6-1-2-7-19(18)23(25)26)20-11-10-17(28-20)13-27-16-9-8-14-4-3-5-15(14)12-16/h1-2,6-12H,3-5,13H2,(H,22,24). The molecular weight excluding hydrogens is 360 g/mol. The first kappa shape index (κ1) is 17.8. The summed E-state index contributed by atoms with van der Waals surface area (Å²) in [5, 5.41) is 13.6. The molecule has 1 heterocycles. The van der Waals surface area contributed by atoms with E-state index in [1.54, 1.807) is 12.1 Å². The minimum Gasteiger partial charge on any atom is -0.486 e. The van der Waals surface area contributed by atoms with Gasteiger partial charge in [-0.25, -0.2) is 0 Å². The predicted molar refractivity (Wildman–Crippen MR) is 103 cm³/mol. The third-order valence-electron chi connectivity index (χ3n) is 4.69. The molecule has 2 aromatic carbocycles. The normalized spacial score (nSPS) is 12.4. The van der Waals surface area contributed by atoms with E-state index in [4.69, 9.17) is 9.15 Å². The van der Waals surface area contributed by atoms with Gasteiger partial charge in [-0.3, -0.25) is 14.9 Å². The zero-order chi connectivity index (χ0) is 19.5. The smallest absolute Gasteiger partial charge is 0.292 e. The molecule has 0 radical (unpaired) electrons. The summed E-state index contributed by atoms with van der Waals surface area (Å²) >= 11 is 0. The average molecular weight is 378 g/mol. The van der Waals surface area contributed by atoms with Crippen molar-refractivity contribution in [2.24, 2.45) is 0 Å². The second kappa shape index (κ2) is 7.56. The Morgan fingerprint density at radius 1 is 1.11 bits per heavy atom. The number of para-hydroxylation sites is 2. The van der Waals surface area contributed by atoms with Gasteiger partial charge in [0, 0.05) is 6.07 Å². The molecule has 7 nitrogen and oxygen atoms in total. The van der Waals surface area contributed by atoms with E-state index in [9.17, 15) is 14.9 Å². The maximum Gasteiger partial charge on any atom is 0.292 e. The number of rotatable bonds is 6. The van der Waals surface area contributed by atoms with Crippen LogP contribution in [0.15, 0.2) is 59.0 Å². The average Bonchev–Trinajstić information content (AvgIpc) is 3.35. The molecule has 3 aromatic rings. The number of carbonyl (C=O) groups excluding carboxylic acids is 1. The summed E-state index contributed by atoms with van der Waals surface area (Å²) in [4.78, 5) is 22.8. The number of hydrogen-bond donors (Lipinski definition) is 1. The fourth-order valence-corrected chi connectivity index (χ4v) is 3.29. The van der Waals surface area contributed by atoms with Gasteiger partial charge in [-0.15, -0.1) is 0 Å². The lowest BCUT2D eigenvalue weighted by molar-refractivity contribution is -0.383. The molecule has 0 saturated carbocycles. The number of nitrogens with one attached hydrogen (secondary N) is 1. The van der Waals surface area contributed by atoms with Crippen LogP contribution in [0.5, 0.6) is 5.75 Å². The number of ether oxygens (including phenoxy) is 1. The molecule has 1 aromatic heterocycles. The Balaban J connectivity index is 1.40. The summed E-state index contributed by atoms with van der Waals surface area (Å²) in [6.45, 7) is 0.192. The van der Waals surface area contributed by atoms with Crippen LogP contribution in [0.1, 0.15) is 33.9 Å². The van der Waals surface area contributed by atoms with Crippen molar-refractivity contribution >= 4 is 17.3 Å². The number of aryl methyl sites for hydroxylation is 2. The first-order chi connectivity index (χ1) is 13.6. The highest BCUT2D eigenvalue weighted by Crippen LogP contribution is 2.27. The van der Waals surface area contributed by atoms with Gasteiger partial charge in [0.25, 0.3) is 11.6 Å². The van der Waals surface area contributed by atoms with Crippen LogP contribution in [-0.4, -0.2) is 10.8 Å². The number of carbonyl (C=O) groups is 1. The molecule has 0 unspecified atom stereocenters. The number of nitrogens with zero attached hydrogens (tertiary/aromatic N) is 1. The van der Waals surface area contributed by atoms with Crippen LogP contribution in [0.4, 0.5) is 11.4 Å². The van der Waals surface area contributed by atoms with Gasteiger partial charge >= 0.3 is 0 Å². The number of fused-ring (bicyclic) bond motifs is 1. The minimum atomic E-state index is -0.557. The summed E-state index contributed by atoms with van der Waals surface area (Å²) in [5.74, 6) is 0.764. The van der Waals surface area contributed by atoms with E-state index in [1.165, 1.54) is 41.8 Å². The van der Waals surface area contributed by atoms with E-state index in [-0.39, 0.29) is 23.7 Å². The fraction of sp³-hybridized carbons (Fsp3) is 0.190. The van der Waals surface area contributed by atoms with E-state index >= 15 is 0 Å². The maximum absolute atomic E-state index is 12.3. The zero-order valence-electron chi connectivity index (χ0n) is 15.0. The molecule has 1 aliphatic rings. The lowest BCUT2D eigenvalue weighted by atomic mass is 10.1. The number of nitro benzene ring substituents is 1. The van der Waals surface area contributed by atoms with E-state index in [2.05, 4.69) is 11.4 Å². The molecule has 28 heavy (non-hydrogen) atoms. The van der Waals surface area contributed by atoms with E-state index < -0.39 is 10.8 Å². The van der Waals surface area contributed by atoms with Crippen molar-refractivity contribution in [3.05, 3.63) is 87.4 Å². The largest absolute Gasteiger partial charge is 0.486 e. The monoisotopic (exact) mass is 378 g/mol. The summed E-state index contributed by atoms with van der Waals surface area (Å²) in [6.07, 6.45) is 3.37. The van der Waals surface area contributed by atoms with Gasteiger partial charge < -0.3 is 14.5 Å². The SMILES string of the molecule is O=C(Nc1ccccc1[N+](=O)[O-])c1ccc(COc2ccc3c(c2)CCC3)o1. The van der Waals surface area contributed by atoms with E-state index in [0.29, 0.717) is 5.76 Å². The van der Waals surface area contributed by atoms with Crippen molar-refractivity contribution in [3.8, 4) is 5.75 Å². The van der Waals surface area contributed by atoms with Crippen molar-refractivity contribution < 1.29 is 18.9 Å². The highest BCUT2D eigenvalue weighted by Gasteiger charge is 2.18. The highest BCUT2D eigenvalue weighted by atomic mass is 16.6. The number of amides is 1. The van der Waals surface area contributed by atoms with Gasteiger partial charge in [0.1, 0.15) is 23.8 Å². The fourth-order valence-electron chi connectivity index (χ4n) is 3.29. The first-order valence-corrected chi connectivity index (χ1v) is 8.98. The molecule has 1 aliphatic carbocycles. The van der Waals surface area contributed by atoms with Crippen LogP contribution in [0.2, 0.25) is 0 Å². The zero-order valence-corrected chi connectivity index (χ0v) is 15.0. The van der Waals surface area contributed by atoms with Crippen LogP contribution >= 0.6 is 0 Å². The van der Waals surface area contributed by atoms with Gasteiger partial charge in [0.05, 0.1) is 4.92 Å². The molecule has 0 atom stereocenters. The molecule has 7 heteroatoms. The first-order valence-electron chi connectivity index (χ1n) is 8.98. The molecule has 1 amide bonds. The molecule has 0 aliphatic heterocycles. The van der Waals surface area contributed by atoms with Crippen LogP contribution in [-0.2, 0) is 19.4 Å². The molecule has 0 fully saturated rings. The lowest BCUT2D eigenvalue weighted by Gasteiger charge is -2.07. The van der Waals surface area contributed by atoms with Gasteiger partial charge in [-0.05, 0) is 60.7 Å². The molecule has 0 spiro atoms. The number of hydrogen-bond acceptors (Lipinski definition) is 5. The quantitative estimate of drug-likeness (QED) is 0.503. The third-order valence-corrected chi connectivity index (χ3v) is 4.69. The summed E-state index contributed by atoms with van der Waals surface area (Å²) in [5.41, 5.74) is 2.63. The van der Waals surface area contributed by atoms with E-state index in [1.807, 2.05) is 12.1 Å².